The Bertz CT molecular complexity index is 378. The number of aryl methyl sites for hydroxylation is 1. The van der Waals surface area contributed by atoms with Crippen molar-refractivity contribution in [1.82, 2.24) is 5.32 Å². The molecule has 0 spiro atoms. The Morgan fingerprint density at radius 3 is 2.71 bits per heavy atom. The number of carbonyl (C=O) groups is 1. The third-order valence-corrected chi connectivity index (χ3v) is 3.27. The summed E-state index contributed by atoms with van der Waals surface area (Å²) in [5, 5.41) is 12.3. The van der Waals surface area contributed by atoms with Crippen molar-refractivity contribution in [3.05, 3.63) is 23.7 Å². The molecule has 0 saturated heterocycles. The molecule has 1 aromatic heterocycles. The fourth-order valence-electron chi connectivity index (χ4n) is 2.17. The monoisotopic (exact) mass is 237 g/mol. The van der Waals surface area contributed by atoms with Crippen LogP contribution in [0.3, 0.4) is 0 Å². The van der Waals surface area contributed by atoms with Crippen LogP contribution in [0.4, 0.5) is 0 Å². The summed E-state index contributed by atoms with van der Waals surface area (Å²) in [6, 6.07) is 3.71. The quantitative estimate of drug-likeness (QED) is 0.843. The second-order valence-electron chi connectivity index (χ2n) is 4.60. The topological polar surface area (TPSA) is 62.5 Å². The van der Waals surface area contributed by atoms with Gasteiger partial charge >= 0.3 is 0 Å². The second kappa shape index (κ2) is 5.36. The molecule has 2 rings (SSSR count). The third-order valence-electron chi connectivity index (χ3n) is 3.27. The van der Waals surface area contributed by atoms with E-state index in [4.69, 9.17) is 4.42 Å². The predicted octanol–water partition coefficient (Wildman–Crippen LogP) is 1.88. The maximum atomic E-state index is 11.9. The molecule has 4 nitrogen and oxygen atoms in total. The minimum atomic E-state index is -0.196. The van der Waals surface area contributed by atoms with E-state index < -0.39 is 0 Å². The molecule has 0 bridgehead atoms. The standard InChI is InChI=1S/C13H19NO3/c1-2-11-7-8-12(17-11)13(16)14-9-3-5-10(15)6-4-9/h7-10,15H,2-6H2,1H3,(H,14,16). The Morgan fingerprint density at radius 2 is 2.12 bits per heavy atom. The maximum Gasteiger partial charge on any atom is 0.287 e. The fourth-order valence-corrected chi connectivity index (χ4v) is 2.17. The van der Waals surface area contributed by atoms with Crippen LogP contribution >= 0.6 is 0 Å². The molecule has 0 atom stereocenters. The van der Waals surface area contributed by atoms with Crippen LogP contribution in [0.2, 0.25) is 0 Å². The molecule has 1 aliphatic rings. The minimum Gasteiger partial charge on any atom is -0.456 e. The number of rotatable bonds is 3. The SMILES string of the molecule is CCc1ccc(C(=O)NC2CCC(O)CC2)o1. The van der Waals surface area contributed by atoms with Gasteiger partial charge in [0.1, 0.15) is 5.76 Å². The first kappa shape index (κ1) is 12.2. The molecule has 1 heterocycles. The fraction of sp³-hybridized carbons (Fsp3) is 0.615. The van der Waals surface area contributed by atoms with E-state index in [-0.39, 0.29) is 18.1 Å². The molecule has 0 radical (unpaired) electrons. The van der Waals surface area contributed by atoms with E-state index >= 15 is 0 Å². The lowest BCUT2D eigenvalue weighted by Gasteiger charge is -2.25. The molecule has 1 aromatic rings. The highest BCUT2D eigenvalue weighted by atomic mass is 16.3. The van der Waals surface area contributed by atoms with Crippen LogP contribution in [0.15, 0.2) is 16.5 Å². The number of carbonyl (C=O) groups excluding carboxylic acids is 1. The van der Waals surface area contributed by atoms with Gasteiger partial charge in [0, 0.05) is 12.5 Å². The average molecular weight is 237 g/mol. The van der Waals surface area contributed by atoms with Crippen LogP contribution in [-0.2, 0) is 6.42 Å². The van der Waals surface area contributed by atoms with E-state index in [9.17, 15) is 9.90 Å². The van der Waals surface area contributed by atoms with Gasteiger partial charge in [-0.05, 0) is 37.8 Å². The van der Waals surface area contributed by atoms with E-state index in [1.165, 1.54) is 0 Å². The van der Waals surface area contributed by atoms with E-state index in [1.54, 1.807) is 6.07 Å². The third kappa shape index (κ3) is 3.09. The molecule has 1 amide bonds. The van der Waals surface area contributed by atoms with Gasteiger partial charge in [-0.3, -0.25) is 4.79 Å². The highest BCUT2D eigenvalue weighted by Crippen LogP contribution is 2.19. The van der Waals surface area contributed by atoms with Gasteiger partial charge < -0.3 is 14.8 Å². The number of hydrogen-bond acceptors (Lipinski definition) is 3. The van der Waals surface area contributed by atoms with E-state index in [2.05, 4.69) is 5.32 Å². The number of amides is 1. The van der Waals surface area contributed by atoms with Crippen molar-refractivity contribution in [3.63, 3.8) is 0 Å². The van der Waals surface area contributed by atoms with Crippen LogP contribution in [0.1, 0.15) is 48.9 Å². The van der Waals surface area contributed by atoms with Gasteiger partial charge in [0.25, 0.3) is 5.91 Å². The second-order valence-corrected chi connectivity index (χ2v) is 4.60. The molecule has 1 saturated carbocycles. The van der Waals surface area contributed by atoms with Gasteiger partial charge in [-0.1, -0.05) is 6.92 Å². The largest absolute Gasteiger partial charge is 0.456 e. The van der Waals surface area contributed by atoms with Gasteiger partial charge in [0.2, 0.25) is 0 Å². The van der Waals surface area contributed by atoms with Gasteiger partial charge in [-0.15, -0.1) is 0 Å². The Kier molecular flexibility index (Phi) is 3.84. The lowest BCUT2D eigenvalue weighted by molar-refractivity contribution is 0.0841. The number of hydrogen-bond donors (Lipinski definition) is 2. The zero-order valence-electron chi connectivity index (χ0n) is 10.1. The van der Waals surface area contributed by atoms with Gasteiger partial charge in [0.05, 0.1) is 6.10 Å². The Morgan fingerprint density at radius 1 is 1.41 bits per heavy atom. The molecular weight excluding hydrogens is 218 g/mol. The van der Waals surface area contributed by atoms with Crippen molar-refractivity contribution in [2.45, 2.75) is 51.2 Å². The highest BCUT2D eigenvalue weighted by Gasteiger charge is 2.22. The molecule has 2 N–H and O–H groups in total. The number of aliphatic hydroxyl groups excluding tert-OH is 1. The summed E-state index contributed by atoms with van der Waals surface area (Å²) < 4.78 is 5.40. The maximum absolute atomic E-state index is 11.9. The van der Waals surface area contributed by atoms with Crippen LogP contribution < -0.4 is 5.32 Å². The first-order valence-corrected chi connectivity index (χ1v) is 6.26. The molecule has 17 heavy (non-hydrogen) atoms. The summed E-state index contributed by atoms with van der Waals surface area (Å²) in [5.74, 6) is 1.06. The first-order valence-electron chi connectivity index (χ1n) is 6.26. The summed E-state index contributed by atoms with van der Waals surface area (Å²) in [7, 11) is 0. The Labute approximate surface area is 101 Å². The normalized spacial score (nSPS) is 24.6. The summed E-state index contributed by atoms with van der Waals surface area (Å²) >= 11 is 0. The minimum absolute atomic E-state index is 0.147. The molecule has 1 fully saturated rings. The molecule has 4 heteroatoms. The van der Waals surface area contributed by atoms with Crippen LogP contribution in [0.5, 0.6) is 0 Å². The first-order chi connectivity index (χ1) is 8.19. The van der Waals surface area contributed by atoms with Crippen molar-refractivity contribution in [2.75, 3.05) is 0 Å². The van der Waals surface area contributed by atoms with Crippen molar-refractivity contribution >= 4 is 5.91 Å². The molecule has 1 aliphatic carbocycles. The number of furan rings is 1. The highest BCUT2D eigenvalue weighted by molar-refractivity contribution is 5.91. The van der Waals surface area contributed by atoms with Crippen molar-refractivity contribution < 1.29 is 14.3 Å². The van der Waals surface area contributed by atoms with Crippen molar-refractivity contribution in [1.29, 1.82) is 0 Å². The summed E-state index contributed by atoms with van der Waals surface area (Å²) in [4.78, 5) is 11.9. The molecular formula is C13H19NO3. The van der Waals surface area contributed by atoms with Gasteiger partial charge in [0.15, 0.2) is 5.76 Å². The Balaban J connectivity index is 1.88. The number of aliphatic hydroxyl groups is 1. The van der Waals surface area contributed by atoms with Gasteiger partial charge in [-0.2, -0.15) is 0 Å². The molecule has 0 aromatic carbocycles. The zero-order chi connectivity index (χ0) is 12.3. The van der Waals surface area contributed by atoms with E-state index in [1.807, 2.05) is 13.0 Å². The van der Waals surface area contributed by atoms with Crippen LogP contribution in [0.25, 0.3) is 0 Å². The lowest BCUT2D eigenvalue weighted by atomic mass is 9.93. The predicted molar refractivity (Wildman–Crippen MR) is 63.8 cm³/mol. The van der Waals surface area contributed by atoms with Crippen LogP contribution in [-0.4, -0.2) is 23.2 Å². The van der Waals surface area contributed by atoms with Crippen molar-refractivity contribution in [3.8, 4) is 0 Å². The average Bonchev–Trinajstić information content (AvgIpc) is 2.81. The smallest absolute Gasteiger partial charge is 0.287 e. The Hall–Kier alpha value is -1.29. The van der Waals surface area contributed by atoms with E-state index in [0.29, 0.717) is 5.76 Å². The zero-order valence-corrected chi connectivity index (χ0v) is 10.1. The molecule has 0 aliphatic heterocycles. The summed E-state index contributed by atoms with van der Waals surface area (Å²) in [6.07, 6.45) is 3.82. The summed E-state index contributed by atoms with van der Waals surface area (Å²) in [5.41, 5.74) is 0. The molecule has 0 unspecified atom stereocenters. The van der Waals surface area contributed by atoms with Crippen molar-refractivity contribution in [2.24, 2.45) is 0 Å². The van der Waals surface area contributed by atoms with Gasteiger partial charge in [-0.25, -0.2) is 0 Å². The summed E-state index contributed by atoms with van der Waals surface area (Å²) in [6.45, 7) is 1.99. The lowest BCUT2D eigenvalue weighted by Crippen LogP contribution is -2.38. The van der Waals surface area contributed by atoms with E-state index in [0.717, 1.165) is 37.9 Å². The number of nitrogens with one attached hydrogen (secondary N) is 1. The van der Waals surface area contributed by atoms with Crippen LogP contribution in [0, 0.1) is 0 Å². The molecule has 94 valence electrons.